The van der Waals surface area contributed by atoms with E-state index in [4.69, 9.17) is 4.79 Å². The fourth-order valence-corrected chi connectivity index (χ4v) is 0.898. The molecule has 1 radical (unpaired) electrons. The van der Waals surface area contributed by atoms with E-state index in [9.17, 15) is 0 Å². The van der Waals surface area contributed by atoms with E-state index in [0.717, 1.165) is 6.29 Å². The van der Waals surface area contributed by atoms with Crippen LogP contribution in [-0.4, -0.2) is 6.29 Å². The van der Waals surface area contributed by atoms with Crippen LogP contribution >= 0.6 is 0 Å². The van der Waals surface area contributed by atoms with Gasteiger partial charge in [0.1, 0.15) is 0 Å². The van der Waals surface area contributed by atoms with Crippen molar-refractivity contribution in [3.05, 3.63) is 13.3 Å². The zero-order chi connectivity index (χ0) is 7.66. The summed E-state index contributed by atoms with van der Waals surface area (Å²) in [5, 5.41) is 0. The van der Waals surface area contributed by atoms with Crippen molar-refractivity contribution < 1.29 is 37.5 Å². The van der Waals surface area contributed by atoms with Gasteiger partial charge in [-0.15, -0.1) is 6.42 Å². The molecule has 0 heterocycles. The first-order chi connectivity index (χ1) is 4.91. The van der Waals surface area contributed by atoms with Crippen LogP contribution in [0.5, 0.6) is 0 Å². The van der Waals surface area contributed by atoms with E-state index in [1.54, 1.807) is 0 Å². The number of carbonyl (C=O) groups is 1. The molecule has 0 aromatic carbocycles. The van der Waals surface area contributed by atoms with Crippen LogP contribution in [0.1, 0.15) is 38.5 Å². The van der Waals surface area contributed by atoms with Gasteiger partial charge in [-0.05, 0) is 0 Å². The number of hydrogen-bond acceptors (Lipinski definition) is 1. The second kappa shape index (κ2) is 13.4. The van der Waals surface area contributed by atoms with Gasteiger partial charge >= 0.3 is 0 Å². The Morgan fingerprint density at radius 1 is 1.27 bits per heavy atom. The molecule has 1 fully saturated rings. The second-order valence-corrected chi connectivity index (χ2v) is 2.38. The van der Waals surface area contributed by atoms with Crippen molar-refractivity contribution >= 4 is 6.29 Å². The van der Waals surface area contributed by atoms with Gasteiger partial charge < -0.3 is 18.1 Å². The molecule has 1 nitrogen and oxygen atoms in total. The maximum absolute atomic E-state index is 9.11. The summed E-state index contributed by atoms with van der Waals surface area (Å²) >= 11 is 0. The third-order valence-corrected chi connectivity index (χ3v) is 1.43. The minimum absolute atomic E-state index is 0. The summed E-state index contributed by atoms with van der Waals surface area (Å²) in [6.07, 6.45) is 10.7. The predicted octanol–water partition coefficient (Wildman–Crippen LogP) is 2.56. The Kier molecular flexibility index (Phi) is 17.4. The zero-order valence-electron chi connectivity index (χ0n) is 7.09. The van der Waals surface area contributed by atoms with Crippen molar-refractivity contribution in [3.63, 3.8) is 0 Å². The van der Waals surface area contributed by atoms with Crippen molar-refractivity contribution in [3.8, 4) is 0 Å². The van der Waals surface area contributed by atoms with Crippen LogP contribution < -0.4 is 0 Å². The summed E-state index contributed by atoms with van der Waals surface area (Å²) in [4.78, 5) is 9.11. The van der Waals surface area contributed by atoms with Gasteiger partial charge in [-0.3, -0.25) is 0 Å². The molecule has 0 aromatic heterocycles. The van der Waals surface area contributed by atoms with Crippen LogP contribution in [0.15, 0.2) is 0 Å². The molecule has 2 heteroatoms. The molecule has 0 atom stereocenters. The monoisotopic (exact) mass is 229 g/mol. The Hall–Kier alpha value is 0.774. The molecule has 11 heavy (non-hydrogen) atoms. The number of carbonyl (C=O) groups excluding carboxylic acids is 1. The van der Waals surface area contributed by atoms with Gasteiger partial charge in [0.05, 0.1) is 6.29 Å². The number of rotatable bonds is 1. The van der Waals surface area contributed by atoms with Gasteiger partial charge in [0.25, 0.3) is 0 Å². The van der Waals surface area contributed by atoms with Gasteiger partial charge in [-0.2, -0.15) is 12.8 Å². The predicted molar refractivity (Wildman–Crippen MR) is 43.4 cm³/mol. The van der Waals surface area contributed by atoms with E-state index in [0.29, 0.717) is 6.42 Å². The molecule has 0 aromatic rings. The third-order valence-electron chi connectivity index (χ3n) is 1.43. The van der Waals surface area contributed by atoms with Gasteiger partial charge in [0, 0.05) is 32.7 Å². The third kappa shape index (κ3) is 13.7. The van der Waals surface area contributed by atoms with E-state index >= 15 is 0 Å². The van der Waals surface area contributed by atoms with Gasteiger partial charge in [0.15, 0.2) is 0 Å². The molecule has 0 N–H and O–H groups in total. The van der Waals surface area contributed by atoms with E-state index in [1.807, 2.05) is 0 Å². The van der Waals surface area contributed by atoms with Crippen molar-refractivity contribution in [2.75, 3.05) is 0 Å². The van der Waals surface area contributed by atoms with Crippen molar-refractivity contribution in [2.24, 2.45) is 0 Å². The molecule has 0 amide bonds. The van der Waals surface area contributed by atoms with Gasteiger partial charge in [0.2, 0.25) is 0 Å². The fraction of sp³-hybridized carbons (Fsp3) is 0.667. The summed E-state index contributed by atoms with van der Waals surface area (Å²) in [5.41, 5.74) is 0. The van der Waals surface area contributed by atoms with Gasteiger partial charge in [-0.25, -0.2) is 0 Å². The molecule has 0 unspecified atom stereocenters. The van der Waals surface area contributed by atoms with Crippen LogP contribution in [-0.2, 0) is 37.5 Å². The van der Waals surface area contributed by atoms with E-state index < -0.39 is 0 Å². The van der Waals surface area contributed by atoms with E-state index in [1.165, 1.54) is 32.1 Å². The summed E-state index contributed by atoms with van der Waals surface area (Å²) in [6.45, 7) is 3.24. The first-order valence-electron chi connectivity index (χ1n) is 3.96. The Labute approximate surface area is 95.2 Å². The van der Waals surface area contributed by atoms with Crippen molar-refractivity contribution in [1.82, 2.24) is 0 Å². The van der Waals surface area contributed by atoms with Gasteiger partial charge in [-0.1, -0.05) is 19.3 Å². The minimum atomic E-state index is 0. The SMILES string of the molecule is [CH-]1CCCCC1.[CH2-]CC=O.[Y]. The molecule has 1 aliphatic carbocycles. The smallest absolute Gasteiger partial charge is 0.0898 e. The fourth-order valence-electron chi connectivity index (χ4n) is 0.898. The summed E-state index contributed by atoms with van der Waals surface area (Å²) in [6, 6.07) is 0. The summed E-state index contributed by atoms with van der Waals surface area (Å²) in [5.74, 6) is 0. The van der Waals surface area contributed by atoms with E-state index in [-0.39, 0.29) is 32.7 Å². The van der Waals surface area contributed by atoms with Crippen molar-refractivity contribution in [2.45, 2.75) is 38.5 Å². The topological polar surface area (TPSA) is 17.1 Å². The Balaban J connectivity index is 0. The van der Waals surface area contributed by atoms with Crippen LogP contribution in [0.25, 0.3) is 0 Å². The molecular formula is C9H16OY-2. The zero-order valence-corrected chi connectivity index (χ0v) is 9.93. The molecule has 1 rings (SSSR count). The van der Waals surface area contributed by atoms with Crippen LogP contribution in [0.2, 0.25) is 0 Å². The average Bonchev–Trinajstić information content (AvgIpc) is 2.08. The number of hydrogen-bond donors (Lipinski definition) is 0. The first-order valence-corrected chi connectivity index (χ1v) is 3.96. The maximum atomic E-state index is 9.11. The quantitative estimate of drug-likeness (QED) is 0.499. The molecule has 1 saturated carbocycles. The van der Waals surface area contributed by atoms with Crippen molar-refractivity contribution in [1.29, 1.82) is 0 Å². The first kappa shape index (κ1) is 14.3. The van der Waals surface area contributed by atoms with Crippen LogP contribution in [0.4, 0.5) is 0 Å². The standard InChI is InChI=1S/C6H11.C3H5O.Y/c1-2-4-6-5-3-1;1-2-3-4;/h1H,2-6H2;3H,1-2H2;/q2*-1;. The minimum Gasteiger partial charge on any atom is -0.337 e. The molecule has 0 bridgehead atoms. The molecule has 0 saturated heterocycles. The molecule has 0 aliphatic heterocycles. The Morgan fingerprint density at radius 2 is 1.73 bits per heavy atom. The normalized spacial score (nSPS) is 15.4. The Bertz CT molecular complexity index is 58.5. The maximum Gasteiger partial charge on any atom is 0.0898 e. The molecule has 1 aliphatic rings. The Morgan fingerprint density at radius 3 is 1.82 bits per heavy atom. The molecule has 0 spiro atoms. The largest absolute Gasteiger partial charge is 0.337 e. The molecular weight excluding hydrogens is 213 g/mol. The second-order valence-electron chi connectivity index (χ2n) is 2.38. The summed E-state index contributed by atoms with van der Waals surface area (Å²) < 4.78 is 0. The molecule has 63 valence electrons. The van der Waals surface area contributed by atoms with Crippen LogP contribution in [0.3, 0.4) is 0 Å². The van der Waals surface area contributed by atoms with Crippen LogP contribution in [0, 0.1) is 13.3 Å². The number of aldehydes is 1. The average molecular weight is 229 g/mol. The van der Waals surface area contributed by atoms with E-state index in [2.05, 4.69) is 13.3 Å². The summed E-state index contributed by atoms with van der Waals surface area (Å²) in [7, 11) is 0.